The highest BCUT2D eigenvalue weighted by molar-refractivity contribution is 9.10. The van der Waals surface area contributed by atoms with E-state index in [1.165, 1.54) is 41.5 Å². The molecule has 0 atom stereocenters. The molecular formula is C25H33BrO2. The van der Waals surface area contributed by atoms with Crippen LogP contribution in [0.2, 0.25) is 0 Å². The van der Waals surface area contributed by atoms with E-state index in [9.17, 15) is 10.2 Å². The minimum atomic E-state index is 0.178. The summed E-state index contributed by atoms with van der Waals surface area (Å²) < 4.78 is 0.905. The van der Waals surface area contributed by atoms with Gasteiger partial charge in [-0.3, -0.25) is 0 Å². The van der Waals surface area contributed by atoms with Gasteiger partial charge in [-0.2, -0.15) is 0 Å². The quantitative estimate of drug-likeness (QED) is 0.458. The standard InChI is InChI=1S/C13H17BrO.C12H16O/c1-8-7-9-5-4-6-13(2,3)10(9)11(14)12(8)15;1-8-6-9-4-5-12(2,3)10(9)7-11(8)13/h7,15H,4-6H2,1-3H3;6-7,13H,4-5H2,1-3H3. The van der Waals surface area contributed by atoms with Crippen molar-refractivity contribution in [2.24, 2.45) is 0 Å². The molecule has 0 aliphatic heterocycles. The van der Waals surface area contributed by atoms with Gasteiger partial charge in [0.25, 0.3) is 0 Å². The van der Waals surface area contributed by atoms with Gasteiger partial charge in [0.2, 0.25) is 0 Å². The summed E-state index contributed by atoms with van der Waals surface area (Å²) in [5.41, 5.74) is 7.84. The van der Waals surface area contributed by atoms with Gasteiger partial charge >= 0.3 is 0 Å². The number of rotatable bonds is 0. The van der Waals surface area contributed by atoms with Gasteiger partial charge in [-0.1, -0.05) is 39.8 Å². The summed E-state index contributed by atoms with van der Waals surface area (Å²) in [5.74, 6) is 0.845. The molecule has 2 aromatic carbocycles. The van der Waals surface area contributed by atoms with Crippen molar-refractivity contribution < 1.29 is 10.2 Å². The number of fused-ring (bicyclic) bond motifs is 2. The summed E-state index contributed by atoms with van der Waals surface area (Å²) in [5, 5.41) is 19.6. The Kier molecular flexibility index (Phi) is 5.62. The number of aryl methyl sites for hydroxylation is 4. The zero-order valence-corrected chi connectivity index (χ0v) is 19.6. The molecule has 28 heavy (non-hydrogen) atoms. The predicted molar refractivity (Wildman–Crippen MR) is 121 cm³/mol. The Morgan fingerprint density at radius 1 is 0.821 bits per heavy atom. The average molecular weight is 445 g/mol. The molecule has 0 amide bonds. The molecule has 2 aromatic rings. The number of phenolic OH excluding ortho intramolecular Hbond substituents is 2. The minimum absolute atomic E-state index is 0.178. The molecule has 2 N–H and O–H groups in total. The lowest BCUT2D eigenvalue weighted by Gasteiger charge is -2.34. The van der Waals surface area contributed by atoms with E-state index >= 15 is 0 Å². The molecule has 0 bridgehead atoms. The number of halogens is 1. The highest BCUT2D eigenvalue weighted by Gasteiger charge is 2.31. The van der Waals surface area contributed by atoms with Crippen LogP contribution in [-0.2, 0) is 23.7 Å². The van der Waals surface area contributed by atoms with Crippen molar-refractivity contribution in [3.8, 4) is 11.5 Å². The van der Waals surface area contributed by atoms with Crippen LogP contribution in [0.4, 0.5) is 0 Å². The van der Waals surface area contributed by atoms with Crippen LogP contribution >= 0.6 is 15.9 Å². The fraction of sp³-hybridized carbons (Fsp3) is 0.520. The number of aromatic hydroxyl groups is 2. The van der Waals surface area contributed by atoms with E-state index in [4.69, 9.17) is 0 Å². The highest BCUT2D eigenvalue weighted by atomic mass is 79.9. The number of phenols is 2. The SMILES string of the molecule is Cc1cc2c(c(Br)c1O)C(C)(C)CCC2.Cc1cc2c(cc1O)C(C)(C)CC2. The van der Waals surface area contributed by atoms with Crippen molar-refractivity contribution in [2.45, 2.75) is 84.5 Å². The summed E-state index contributed by atoms with van der Waals surface area (Å²) in [6, 6.07) is 6.20. The predicted octanol–water partition coefficient (Wildman–Crippen LogP) is 7.00. The molecule has 0 heterocycles. The van der Waals surface area contributed by atoms with Crippen LogP contribution in [0.5, 0.6) is 11.5 Å². The van der Waals surface area contributed by atoms with Crippen LogP contribution < -0.4 is 0 Å². The van der Waals surface area contributed by atoms with E-state index in [1.807, 2.05) is 19.9 Å². The first-order valence-electron chi connectivity index (χ1n) is 10.3. The first kappa shape index (κ1) is 21.2. The Morgan fingerprint density at radius 2 is 1.46 bits per heavy atom. The molecule has 0 saturated carbocycles. The van der Waals surface area contributed by atoms with Crippen molar-refractivity contribution in [3.05, 3.63) is 56.1 Å². The van der Waals surface area contributed by atoms with Crippen molar-refractivity contribution in [2.75, 3.05) is 0 Å². The topological polar surface area (TPSA) is 40.5 Å². The van der Waals surface area contributed by atoms with Crippen LogP contribution in [0.25, 0.3) is 0 Å². The van der Waals surface area contributed by atoms with E-state index in [1.54, 1.807) is 0 Å². The molecule has 152 valence electrons. The molecule has 3 heteroatoms. The minimum Gasteiger partial charge on any atom is -0.508 e. The summed E-state index contributed by atoms with van der Waals surface area (Å²) in [6.45, 7) is 12.9. The zero-order chi connectivity index (χ0) is 20.9. The fourth-order valence-electron chi connectivity index (χ4n) is 4.78. The van der Waals surface area contributed by atoms with E-state index in [2.05, 4.69) is 55.8 Å². The van der Waals surface area contributed by atoms with Crippen LogP contribution in [0.3, 0.4) is 0 Å². The molecule has 2 aliphatic carbocycles. The summed E-state index contributed by atoms with van der Waals surface area (Å²) in [7, 11) is 0. The molecule has 4 rings (SSSR count). The maximum atomic E-state index is 9.95. The van der Waals surface area contributed by atoms with Crippen molar-refractivity contribution in [1.29, 1.82) is 0 Å². The molecular weight excluding hydrogens is 412 g/mol. The molecule has 0 unspecified atom stereocenters. The largest absolute Gasteiger partial charge is 0.508 e. The highest BCUT2D eigenvalue weighted by Crippen LogP contribution is 2.45. The van der Waals surface area contributed by atoms with Gasteiger partial charge in [-0.15, -0.1) is 0 Å². The smallest absolute Gasteiger partial charge is 0.132 e. The number of hydrogen-bond donors (Lipinski definition) is 2. The summed E-state index contributed by atoms with van der Waals surface area (Å²) in [6.07, 6.45) is 5.94. The molecule has 0 aromatic heterocycles. The summed E-state index contributed by atoms with van der Waals surface area (Å²) in [4.78, 5) is 0. The second-order valence-corrected chi connectivity index (χ2v) is 10.6. The molecule has 0 radical (unpaired) electrons. The van der Waals surface area contributed by atoms with Crippen molar-refractivity contribution in [1.82, 2.24) is 0 Å². The molecule has 2 aliphatic rings. The van der Waals surface area contributed by atoms with Crippen LogP contribution in [0, 0.1) is 13.8 Å². The van der Waals surface area contributed by atoms with Gasteiger partial charge in [0, 0.05) is 0 Å². The Bertz CT molecular complexity index is 909. The van der Waals surface area contributed by atoms with Crippen LogP contribution in [0.1, 0.15) is 80.3 Å². The van der Waals surface area contributed by atoms with Crippen molar-refractivity contribution in [3.63, 3.8) is 0 Å². The van der Waals surface area contributed by atoms with Gasteiger partial charge in [-0.25, -0.2) is 0 Å². The Balaban J connectivity index is 0.000000162. The van der Waals surface area contributed by atoms with Gasteiger partial charge in [0.15, 0.2) is 0 Å². The molecule has 0 fully saturated rings. The molecule has 2 nitrogen and oxygen atoms in total. The second-order valence-electron chi connectivity index (χ2n) is 9.81. The van der Waals surface area contributed by atoms with E-state index in [0.29, 0.717) is 11.5 Å². The average Bonchev–Trinajstić information content (AvgIpc) is 2.88. The fourth-order valence-corrected chi connectivity index (χ4v) is 5.89. The van der Waals surface area contributed by atoms with Gasteiger partial charge in [0.05, 0.1) is 4.47 Å². The van der Waals surface area contributed by atoms with Crippen LogP contribution in [-0.4, -0.2) is 10.2 Å². The lowest BCUT2D eigenvalue weighted by molar-refractivity contribution is 0.417. The van der Waals surface area contributed by atoms with E-state index in [-0.39, 0.29) is 10.8 Å². The third kappa shape index (κ3) is 3.83. The number of benzene rings is 2. The third-order valence-corrected chi connectivity index (χ3v) is 7.38. The van der Waals surface area contributed by atoms with E-state index in [0.717, 1.165) is 28.4 Å². The molecule has 0 spiro atoms. The lowest BCUT2D eigenvalue weighted by Crippen LogP contribution is -2.24. The monoisotopic (exact) mass is 444 g/mol. The third-order valence-electron chi connectivity index (χ3n) is 6.61. The Labute approximate surface area is 178 Å². The number of hydrogen-bond acceptors (Lipinski definition) is 2. The molecule has 0 saturated heterocycles. The lowest BCUT2D eigenvalue weighted by atomic mass is 9.72. The van der Waals surface area contributed by atoms with Crippen LogP contribution in [0.15, 0.2) is 22.7 Å². The summed E-state index contributed by atoms with van der Waals surface area (Å²) >= 11 is 3.54. The maximum absolute atomic E-state index is 9.95. The van der Waals surface area contributed by atoms with Gasteiger partial charge in [-0.05, 0) is 112 Å². The normalized spacial score (nSPS) is 18.7. The second kappa shape index (κ2) is 7.40. The van der Waals surface area contributed by atoms with E-state index < -0.39 is 0 Å². The maximum Gasteiger partial charge on any atom is 0.132 e. The Morgan fingerprint density at radius 3 is 2.14 bits per heavy atom. The van der Waals surface area contributed by atoms with Gasteiger partial charge in [0.1, 0.15) is 11.5 Å². The first-order chi connectivity index (χ1) is 12.9. The van der Waals surface area contributed by atoms with Gasteiger partial charge < -0.3 is 10.2 Å². The first-order valence-corrected chi connectivity index (χ1v) is 11.1. The Hall–Kier alpha value is -1.48. The zero-order valence-electron chi connectivity index (χ0n) is 18.0. The van der Waals surface area contributed by atoms with Crippen molar-refractivity contribution >= 4 is 15.9 Å².